The van der Waals surface area contributed by atoms with Crippen molar-refractivity contribution in [1.29, 1.82) is 0 Å². The lowest BCUT2D eigenvalue weighted by Gasteiger charge is -2.25. The van der Waals surface area contributed by atoms with E-state index < -0.39 is 24.5 Å². The van der Waals surface area contributed by atoms with Crippen LogP contribution in [-0.4, -0.2) is 66.0 Å². The molecule has 214 valence electrons. The summed E-state index contributed by atoms with van der Waals surface area (Å²) in [6.45, 7) is -0.294. The van der Waals surface area contributed by atoms with Crippen LogP contribution in [-0.2, 0) is 22.4 Å². The molecule has 10 heteroatoms. The molecule has 1 aliphatic heterocycles. The summed E-state index contributed by atoms with van der Waals surface area (Å²) in [6.07, 6.45) is -0.474. The number of phenols is 3. The van der Waals surface area contributed by atoms with Gasteiger partial charge in [0.05, 0.1) is 46.6 Å². The fourth-order valence-corrected chi connectivity index (χ4v) is 5.19. The molecule has 5 N–H and O–H groups in total. The predicted octanol–water partition coefficient (Wildman–Crippen LogP) is 3.21. The van der Waals surface area contributed by atoms with Crippen LogP contribution in [0, 0.1) is 11.8 Å². The van der Waals surface area contributed by atoms with Crippen LogP contribution in [0.1, 0.15) is 34.3 Å². The van der Waals surface area contributed by atoms with Gasteiger partial charge in [-0.2, -0.15) is 0 Å². The fraction of sp³-hybridized carbons (Fsp3) is 0.367. The Balaban J connectivity index is 1.63. The summed E-state index contributed by atoms with van der Waals surface area (Å²) in [6, 6.07) is 12.6. The van der Waals surface area contributed by atoms with Gasteiger partial charge in [0.15, 0.2) is 34.5 Å². The first-order valence-electron chi connectivity index (χ1n) is 12.8. The SMILES string of the molecule is COc1cc(C[C@H]2C(=O)OC[C@@H]2Cc2cc(OC)c(O)c([C@H](CO)[C@@H](O)c3ccc(O)c(OC)c3)c2)ccc1O. The highest BCUT2D eigenvalue weighted by molar-refractivity contribution is 5.75. The van der Waals surface area contributed by atoms with Crippen LogP contribution in [0.15, 0.2) is 48.5 Å². The van der Waals surface area contributed by atoms with Gasteiger partial charge in [0.1, 0.15) is 0 Å². The van der Waals surface area contributed by atoms with Gasteiger partial charge in [-0.3, -0.25) is 4.79 Å². The molecule has 0 unspecified atom stereocenters. The lowest BCUT2D eigenvalue weighted by atomic mass is 9.83. The number of cyclic esters (lactones) is 1. The molecule has 1 saturated heterocycles. The third-order valence-electron chi connectivity index (χ3n) is 7.42. The van der Waals surface area contributed by atoms with Gasteiger partial charge in [0.25, 0.3) is 0 Å². The van der Waals surface area contributed by atoms with E-state index in [1.165, 1.54) is 45.6 Å². The Kier molecular flexibility index (Phi) is 8.91. The quantitative estimate of drug-likeness (QED) is 0.223. The van der Waals surface area contributed by atoms with Crippen molar-refractivity contribution in [3.8, 4) is 34.5 Å². The Morgan fingerprint density at radius 1 is 0.850 bits per heavy atom. The van der Waals surface area contributed by atoms with Gasteiger partial charge in [-0.1, -0.05) is 18.2 Å². The highest BCUT2D eigenvalue weighted by Gasteiger charge is 2.37. The molecule has 3 aromatic carbocycles. The average Bonchev–Trinajstić information content (AvgIpc) is 3.29. The summed E-state index contributed by atoms with van der Waals surface area (Å²) in [7, 11) is 4.24. The van der Waals surface area contributed by atoms with Crippen LogP contribution in [0.3, 0.4) is 0 Å². The van der Waals surface area contributed by atoms with Crippen LogP contribution in [0.5, 0.6) is 34.5 Å². The van der Waals surface area contributed by atoms with E-state index in [1.807, 2.05) is 0 Å². The molecule has 0 saturated carbocycles. The fourth-order valence-electron chi connectivity index (χ4n) is 5.19. The van der Waals surface area contributed by atoms with E-state index in [0.717, 1.165) is 11.1 Å². The van der Waals surface area contributed by atoms with Crippen molar-refractivity contribution >= 4 is 5.97 Å². The number of carbonyl (C=O) groups is 1. The highest BCUT2D eigenvalue weighted by atomic mass is 16.5. The van der Waals surface area contributed by atoms with Crippen LogP contribution >= 0.6 is 0 Å². The second-order valence-corrected chi connectivity index (χ2v) is 9.81. The van der Waals surface area contributed by atoms with Crippen molar-refractivity contribution in [1.82, 2.24) is 0 Å². The van der Waals surface area contributed by atoms with Crippen LogP contribution < -0.4 is 14.2 Å². The number of aromatic hydroxyl groups is 3. The second-order valence-electron chi connectivity index (χ2n) is 9.81. The Labute approximate surface area is 232 Å². The minimum absolute atomic E-state index is 0.00638. The number of methoxy groups -OCH3 is 3. The smallest absolute Gasteiger partial charge is 0.309 e. The summed E-state index contributed by atoms with van der Waals surface area (Å²) < 4.78 is 21.1. The second kappa shape index (κ2) is 12.4. The maximum Gasteiger partial charge on any atom is 0.309 e. The van der Waals surface area contributed by atoms with Gasteiger partial charge in [0.2, 0.25) is 0 Å². The Morgan fingerprint density at radius 2 is 1.48 bits per heavy atom. The molecule has 0 amide bonds. The molecule has 0 aliphatic carbocycles. The first-order valence-corrected chi connectivity index (χ1v) is 12.8. The molecule has 4 rings (SSSR count). The number of phenolic OH excluding ortho intramolecular Hbond substituents is 3. The summed E-state index contributed by atoms with van der Waals surface area (Å²) in [5, 5.41) is 52.2. The summed E-state index contributed by atoms with van der Waals surface area (Å²) in [5.74, 6) is -1.61. The van der Waals surface area contributed by atoms with Gasteiger partial charge in [-0.15, -0.1) is 0 Å². The number of aliphatic hydroxyl groups is 2. The molecular formula is C30H34O10. The normalized spacial score (nSPS) is 18.2. The van der Waals surface area contributed by atoms with E-state index in [1.54, 1.807) is 24.3 Å². The van der Waals surface area contributed by atoms with Gasteiger partial charge < -0.3 is 44.5 Å². The van der Waals surface area contributed by atoms with Crippen LogP contribution in [0.25, 0.3) is 0 Å². The molecule has 10 nitrogen and oxygen atoms in total. The third kappa shape index (κ3) is 5.88. The van der Waals surface area contributed by atoms with Gasteiger partial charge in [0, 0.05) is 17.4 Å². The predicted molar refractivity (Wildman–Crippen MR) is 144 cm³/mol. The van der Waals surface area contributed by atoms with Gasteiger partial charge in [-0.25, -0.2) is 0 Å². The van der Waals surface area contributed by atoms with Crippen molar-refractivity contribution in [2.45, 2.75) is 24.9 Å². The number of ether oxygens (including phenoxy) is 4. The molecule has 1 heterocycles. The molecule has 0 aromatic heterocycles. The van der Waals surface area contributed by atoms with Crippen molar-refractivity contribution < 1.29 is 49.3 Å². The maximum atomic E-state index is 12.7. The summed E-state index contributed by atoms with van der Waals surface area (Å²) in [4.78, 5) is 12.7. The number of hydrogen-bond donors (Lipinski definition) is 5. The van der Waals surface area contributed by atoms with E-state index >= 15 is 0 Å². The van der Waals surface area contributed by atoms with Crippen molar-refractivity contribution in [2.75, 3.05) is 34.5 Å². The standard InChI is InChI=1S/C30H34O10/c1-37-25-11-16(4-6-23(25)32)9-20-19(15-40-30(20)36)8-17-10-21(29(35)27(12-17)39-3)22(14-31)28(34)18-5-7-24(33)26(13-18)38-2/h4-7,10-13,19-20,22,28,31-35H,8-9,14-15H2,1-3H3/t19-,20+,22-,28-/m0/s1. The van der Waals surface area contributed by atoms with Crippen molar-refractivity contribution in [2.24, 2.45) is 11.8 Å². The van der Waals surface area contributed by atoms with E-state index in [0.29, 0.717) is 24.2 Å². The first-order chi connectivity index (χ1) is 19.2. The number of aliphatic hydroxyl groups excluding tert-OH is 2. The Hall–Kier alpha value is -4.15. The molecule has 40 heavy (non-hydrogen) atoms. The molecule has 0 spiro atoms. The number of carbonyl (C=O) groups excluding carboxylic acids is 1. The van der Waals surface area contributed by atoms with E-state index in [9.17, 15) is 30.3 Å². The molecule has 0 radical (unpaired) electrons. The molecule has 1 fully saturated rings. The number of esters is 1. The summed E-state index contributed by atoms with van der Waals surface area (Å²) in [5.41, 5.74) is 2.16. The Morgan fingerprint density at radius 3 is 2.12 bits per heavy atom. The number of hydrogen-bond acceptors (Lipinski definition) is 10. The first kappa shape index (κ1) is 28.8. The third-order valence-corrected chi connectivity index (χ3v) is 7.42. The number of rotatable bonds is 11. The lowest BCUT2D eigenvalue weighted by Crippen LogP contribution is -2.21. The number of benzene rings is 3. The van der Waals surface area contributed by atoms with E-state index in [2.05, 4.69) is 0 Å². The zero-order valence-corrected chi connectivity index (χ0v) is 22.5. The molecule has 4 atom stereocenters. The highest BCUT2D eigenvalue weighted by Crippen LogP contribution is 2.43. The molecule has 1 aliphatic rings. The monoisotopic (exact) mass is 554 g/mol. The largest absolute Gasteiger partial charge is 0.504 e. The molecule has 0 bridgehead atoms. The summed E-state index contributed by atoms with van der Waals surface area (Å²) >= 11 is 0. The van der Waals surface area contributed by atoms with Crippen molar-refractivity contribution in [3.63, 3.8) is 0 Å². The topological polar surface area (TPSA) is 155 Å². The van der Waals surface area contributed by atoms with Gasteiger partial charge >= 0.3 is 5.97 Å². The zero-order chi connectivity index (χ0) is 29.0. The molecular weight excluding hydrogens is 520 g/mol. The van der Waals surface area contributed by atoms with E-state index in [4.69, 9.17) is 18.9 Å². The van der Waals surface area contributed by atoms with Crippen LogP contribution in [0.2, 0.25) is 0 Å². The van der Waals surface area contributed by atoms with Gasteiger partial charge in [-0.05, 0) is 59.9 Å². The molecule has 3 aromatic rings. The Bertz CT molecular complexity index is 1350. The maximum absolute atomic E-state index is 12.7. The minimum atomic E-state index is -1.25. The minimum Gasteiger partial charge on any atom is -0.504 e. The van der Waals surface area contributed by atoms with Crippen molar-refractivity contribution in [3.05, 3.63) is 70.8 Å². The zero-order valence-electron chi connectivity index (χ0n) is 22.5. The average molecular weight is 555 g/mol. The van der Waals surface area contributed by atoms with Crippen LogP contribution in [0.4, 0.5) is 0 Å². The lowest BCUT2D eigenvalue weighted by molar-refractivity contribution is -0.141. The van der Waals surface area contributed by atoms with E-state index in [-0.39, 0.29) is 52.8 Å².